The van der Waals surface area contributed by atoms with Gasteiger partial charge in [-0.15, -0.1) is 0 Å². The Kier molecular flexibility index (Phi) is 8.19. The summed E-state index contributed by atoms with van der Waals surface area (Å²) in [6, 6.07) is 7.42. The molecule has 1 atom stereocenters. The van der Waals surface area contributed by atoms with Crippen molar-refractivity contribution in [2.45, 2.75) is 42.5 Å². The molecule has 2 N–H and O–H groups in total. The highest BCUT2D eigenvalue weighted by molar-refractivity contribution is 8.00. The second-order valence-corrected chi connectivity index (χ2v) is 8.64. The van der Waals surface area contributed by atoms with Crippen molar-refractivity contribution in [3.05, 3.63) is 59.4 Å². The maximum Gasteiger partial charge on any atom is 0.490 e. The first-order valence-corrected chi connectivity index (χ1v) is 10.5. The molecule has 0 aliphatic carbocycles. The minimum absolute atomic E-state index is 0.0783. The van der Waals surface area contributed by atoms with Crippen molar-refractivity contribution in [2.75, 3.05) is 0 Å². The standard InChI is InChI=1S/C18H16F3N3OS2.C2HF3O2/c1-11-9-22-8-7-12(11)10-24-16(25)23-15(26)17(24,2)13-3-5-14(6-4-13)27-18(19,20)21;3-2(4,5)1(6)7/h3-9H,10H2,1-2H3,(H,23,25,26);(H,6,7)/t17-;/m1./s1. The summed E-state index contributed by atoms with van der Waals surface area (Å²) in [7, 11) is 0. The van der Waals surface area contributed by atoms with E-state index in [1.807, 2.05) is 13.0 Å². The Hall–Kier alpha value is -2.87. The van der Waals surface area contributed by atoms with Gasteiger partial charge >= 0.3 is 23.7 Å². The Bertz CT molecular complexity index is 1080. The Morgan fingerprint density at radius 2 is 1.74 bits per heavy atom. The van der Waals surface area contributed by atoms with Crippen LogP contribution in [0, 0.1) is 6.92 Å². The third kappa shape index (κ3) is 6.59. The monoisotopic (exact) mass is 525 g/mol. The first kappa shape index (κ1) is 27.4. The summed E-state index contributed by atoms with van der Waals surface area (Å²) in [6.07, 6.45) is -1.72. The van der Waals surface area contributed by atoms with Crippen LogP contribution in [0.2, 0.25) is 0 Å². The van der Waals surface area contributed by atoms with Crippen LogP contribution in [0.1, 0.15) is 23.6 Å². The van der Waals surface area contributed by atoms with E-state index in [0.29, 0.717) is 17.1 Å². The van der Waals surface area contributed by atoms with E-state index >= 15 is 0 Å². The van der Waals surface area contributed by atoms with Crippen LogP contribution in [0.5, 0.6) is 0 Å². The molecule has 1 aromatic heterocycles. The molecule has 0 radical (unpaired) electrons. The third-order valence-corrected chi connectivity index (χ3v) is 6.04. The number of halogens is 6. The highest BCUT2D eigenvalue weighted by atomic mass is 32.2. The van der Waals surface area contributed by atoms with Crippen LogP contribution in [0.15, 0.2) is 47.6 Å². The minimum atomic E-state index is -5.08. The third-order valence-electron chi connectivity index (χ3n) is 4.81. The molecule has 3 rings (SSSR count). The van der Waals surface area contributed by atoms with Crippen LogP contribution in [-0.2, 0) is 16.9 Å². The van der Waals surface area contributed by atoms with E-state index in [2.05, 4.69) is 10.3 Å². The lowest BCUT2D eigenvalue weighted by Gasteiger charge is -2.34. The molecule has 0 spiro atoms. The number of aromatic nitrogens is 1. The molecule has 0 unspecified atom stereocenters. The van der Waals surface area contributed by atoms with Gasteiger partial charge in [0, 0.05) is 23.8 Å². The summed E-state index contributed by atoms with van der Waals surface area (Å²) >= 11 is 5.21. The molecule has 1 saturated heterocycles. The number of aliphatic carboxylic acids is 1. The number of hydrogen-bond acceptors (Lipinski definition) is 5. The molecule has 34 heavy (non-hydrogen) atoms. The second kappa shape index (κ2) is 10.2. The molecule has 184 valence electrons. The number of rotatable bonds is 4. The van der Waals surface area contributed by atoms with Gasteiger partial charge in [-0.3, -0.25) is 10.3 Å². The number of thiocarbonyl (C=S) groups is 1. The first-order chi connectivity index (χ1) is 15.6. The van der Waals surface area contributed by atoms with Gasteiger partial charge in [-0.05, 0) is 60.5 Å². The predicted molar refractivity (Wildman–Crippen MR) is 115 cm³/mol. The maximum atomic E-state index is 12.5. The molecule has 2 aromatic rings. The lowest BCUT2D eigenvalue weighted by atomic mass is 9.90. The first-order valence-electron chi connectivity index (χ1n) is 9.24. The lowest BCUT2D eigenvalue weighted by Crippen LogP contribution is -2.43. The minimum Gasteiger partial charge on any atom is -0.475 e. The van der Waals surface area contributed by atoms with Crippen LogP contribution in [0.3, 0.4) is 0 Å². The molecule has 1 aliphatic heterocycles. The fraction of sp³-hybridized carbons (Fsp3) is 0.300. The number of nitrogens with zero attached hydrogens (tertiary/aromatic N) is 2. The van der Waals surface area contributed by atoms with Crippen LogP contribution in [0.4, 0.5) is 31.1 Å². The van der Waals surface area contributed by atoms with E-state index in [-0.39, 0.29) is 22.7 Å². The molecule has 6 nitrogen and oxygen atoms in total. The average Bonchev–Trinajstić information content (AvgIpc) is 2.92. The lowest BCUT2D eigenvalue weighted by molar-refractivity contribution is -0.192. The van der Waals surface area contributed by atoms with Crippen molar-refractivity contribution in [3.8, 4) is 0 Å². The van der Waals surface area contributed by atoms with Gasteiger partial charge in [-0.2, -0.15) is 26.3 Å². The topological polar surface area (TPSA) is 82.5 Å². The molecular formula is C20H17F6N3O3S2. The van der Waals surface area contributed by atoms with Crippen molar-refractivity contribution in [1.82, 2.24) is 15.2 Å². The number of carbonyl (C=O) groups excluding carboxylic acids is 1. The smallest absolute Gasteiger partial charge is 0.475 e. The van der Waals surface area contributed by atoms with E-state index in [0.717, 1.165) is 11.1 Å². The van der Waals surface area contributed by atoms with Crippen molar-refractivity contribution >= 4 is 41.0 Å². The number of urea groups is 1. The predicted octanol–water partition coefficient (Wildman–Crippen LogP) is 5.40. The van der Waals surface area contributed by atoms with E-state index in [1.165, 1.54) is 12.1 Å². The largest absolute Gasteiger partial charge is 0.490 e. The number of thioether (sulfide) groups is 1. The Morgan fingerprint density at radius 1 is 1.18 bits per heavy atom. The normalized spacial score (nSPS) is 18.3. The SMILES string of the molecule is Cc1cnccc1CN1C(=O)NC(=S)[C@@]1(C)c1ccc(SC(F)(F)F)cc1.O=C(O)C(F)(F)F. The molecule has 2 heterocycles. The van der Waals surface area contributed by atoms with Gasteiger partial charge in [-0.1, -0.05) is 24.4 Å². The summed E-state index contributed by atoms with van der Waals surface area (Å²) in [6.45, 7) is 3.99. The Morgan fingerprint density at radius 3 is 2.21 bits per heavy atom. The molecule has 2 amide bonds. The van der Waals surface area contributed by atoms with Crippen LogP contribution in [0.25, 0.3) is 0 Å². The van der Waals surface area contributed by atoms with E-state index in [1.54, 1.807) is 36.4 Å². The highest BCUT2D eigenvalue weighted by Crippen LogP contribution is 2.39. The van der Waals surface area contributed by atoms with Gasteiger partial charge in [0.25, 0.3) is 0 Å². The number of pyridine rings is 1. The van der Waals surface area contributed by atoms with Crippen LogP contribution >= 0.6 is 24.0 Å². The van der Waals surface area contributed by atoms with Crippen LogP contribution < -0.4 is 5.32 Å². The number of aryl methyl sites for hydroxylation is 1. The summed E-state index contributed by atoms with van der Waals surface area (Å²) in [5.74, 6) is -2.76. The molecule has 0 bridgehead atoms. The van der Waals surface area contributed by atoms with E-state index in [9.17, 15) is 31.1 Å². The number of carboxylic acids is 1. The van der Waals surface area contributed by atoms with E-state index in [4.69, 9.17) is 22.1 Å². The van der Waals surface area contributed by atoms with Crippen LogP contribution in [-0.4, -0.2) is 43.7 Å². The van der Waals surface area contributed by atoms with Gasteiger partial charge < -0.3 is 10.0 Å². The summed E-state index contributed by atoms with van der Waals surface area (Å²) in [5, 5.41) is 9.79. The van der Waals surface area contributed by atoms with Gasteiger partial charge in [0.1, 0.15) is 10.5 Å². The van der Waals surface area contributed by atoms with Crippen molar-refractivity contribution < 1.29 is 41.0 Å². The quantitative estimate of drug-likeness (QED) is 0.316. The van der Waals surface area contributed by atoms with Crippen molar-refractivity contribution in [3.63, 3.8) is 0 Å². The zero-order valence-electron chi connectivity index (χ0n) is 17.5. The molecule has 1 aromatic carbocycles. The zero-order chi connectivity index (χ0) is 25.9. The average molecular weight is 525 g/mol. The van der Waals surface area contributed by atoms with Gasteiger partial charge in [0.2, 0.25) is 0 Å². The molecular weight excluding hydrogens is 508 g/mol. The van der Waals surface area contributed by atoms with Gasteiger partial charge in [0.05, 0.1) is 0 Å². The number of benzene rings is 1. The molecule has 0 saturated carbocycles. The van der Waals surface area contributed by atoms with Crippen molar-refractivity contribution in [2.24, 2.45) is 0 Å². The number of carbonyl (C=O) groups is 2. The number of amides is 2. The molecule has 1 aliphatic rings. The van der Waals surface area contributed by atoms with Gasteiger partial charge in [-0.25, -0.2) is 9.59 Å². The highest BCUT2D eigenvalue weighted by Gasteiger charge is 2.47. The Labute approximate surface area is 199 Å². The summed E-state index contributed by atoms with van der Waals surface area (Å²) in [4.78, 5) is 27.4. The summed E-state index contributed by atoms with van der Waals surface area (Å²) in [5.41, 5.74) is -2.81. The summed E-state index contributed by atoms with van der Waals surface area (Å²) < 4.78 is 69.4. The van der Waals surface area contributed by atoms with Crippen molar-refractivity contribution in [1.29, 1.82) is 0 Å². The Balaban J connectivity index is 0.000000509. The maximum absolute atomic E-state index is 12.5. The number of hydrogen-bond donors (Lipinski definition) is 2. The molecule has 1 fully saturated rings. The number of alkyl halides is 6. The number of nitrogens with one attached hydrogen (secondary N) is 1. The second-order valence-electron chi connectivity index (χ2n) is 7.09. The zero-order valence-corrected chi connectivity index (χ0v) is 19.1. The van der Waals surface area contributed by atoms with E-state index < -0.39 is 23.2 Å². The number of carboxylic acid groups (broad SMARTS) is 1. The fourth-order valence-corrected chi connectivity index (χ4v) is 3.81. The molecule has 14 heteroatoms. The fourth-order valence-electron chi connectivity index (χ4n) is 2.96. The van der Waals surface area contributed by atoms with Gasteiger partial charge in [0.15, 0.2) is 0 Å².